The van der Waals surface area contributed by atoms with Gasteiger partial charge >= 0.3 is 5.97 Å². The smallest absolute Gasteiger partial charge is 0.311 e. The highest BCUT2D eigenvalue weighted by Crippen LogP contribution is 2.36. The van der Waals surface area contributed by atoms with Gasteiger partial charge in [-0.2, -0.15) is 0 Å². The first-order valence-corrected chi connectivity index (χ1v) is 9.20. The van der Waals surface area contributed by atoms with Gasteiger partial charge in [-0.1, -0.05) is 24.9 Å². The number of aliphatic carboxylic acids is 1. The van der Waals surface area contributed by atoms with Crippen molar-refractivity contribution < 1.29 is 24.2 Å². The zero-order valence-electron chi connectivity index (χ0n) is 15.4. The molecule has 0 spiro atoms. The molecule has 2 N–H and O–H groups in total. The molecule has 0 aliphatic heterocycles. The average Bonchev–Trinajstić information content (AvgIpc) is 2.92. The van der Waals surface area contributed by atoms with E-state index in [2.05, 4.69) is 0 Å². The van der Waals surface area contributed by atoms with E-state index in [1.807, 2.05) is 6.92 Å². The number of rotatable bonds is 5. The molecule has 146 valence electrons. The Morgan fingerprint density at radius 3 is 2.54 bits per heavy atom. The van der Waals surface area contributed by atoms with Gasteiger partial charge in [0.2, 0.25) is 0 Å². The normalized spacial score (nSPS) is 12.3. The molecule has 7 heteroatoms. The molecule has 0 saturated heterocycles. The maximum atomic E-state index is 13.9. The summed E-state index contributed by atoms with van der Waals surface area (Å²) in [5.41, 5.74) is 1.46. The maximum absolute atomic E-state index is 13.9. The molecule has 2 aromatic carbocycles. The lowest BCUT2D eigenvalue weighted by Crippen LogP contribution is -2.16. The topological polar surface area (TPSA) is 79.5 Å². The molecule has 5 nitrogen and oxygen atoms in total. The highest BCUT2D eigenvalue weighted by Gasteiger charge is 2.29. The second-order valence-corrected chi connectivity index (χ2v) is 7.06. The van der Waals surface area contributed by atoms with Crippen molar-refractivity contribution in [2.75, 3.05) is 0 Å². The molecular formula is C21H19ClFNO4. The molecule has 1 heterocycles. The highest BCUT2D eigenvalue weighted by atomic mass is 35.5. The van der Waals surface area contributed by atoms with Gasteiger partial charge in [0.15, 0.2) is 0 Å². The summed E-state index contributed by atoms with van der Waals surface area (Å²) < 4.78 is 15.2. The first kappa shape index (κ1) is 19.9. The zero-order chi connectivity index (χ0) is 20.6. The number of nitrogens with zero attached hydrogens (tertiary/aromatic N) is 1. The number of benzene rings is 2. The number of halogens is 2. The predicted molar refractivity (Wildman–Crippen MR) is 105 cm³/mol. The second-order valence-electron chi connectivity index (χ2n) is 6.65. The van der Waals surface area contributed by atoms with Crippen LogP contribution in [0.15, 0.2) is 36.4 Å². The minimum absolute atomic E-state index is 0.0310. The van der Waals surface area contributed by atoms with Crippen molar-refractivity contribution in [1.82, 2.24) is 4.57 Å². The summed E-state index contributed by atoms with van der Waals surface area (Å²) in [5.74, 6) is -3.08. The number of carboxylic acids is 1. The van der Waals surface area contributed by atoms with Gasteiger partial charge in [-0.05, 0) is 55.3 Å². The molecule has 0 bridgehead atoms. The van der Waals surface area contributed by atoms with Crippen LogP contribution in [-0.2, 0) is 4.79 Å². The van der Waals surface area contributed by atoms with E-state index in [1.165, 1.54) is 28.8 Å². The van der Waals surface area contributed by atoms with E-state index in [1.54, 1.807) is 13.0 Å². The van der Waals surface area contributed by atoms with Crippen molar-refractivity contribution in [3.05, 3.63) is 64.1 Å². The van der Waals surface area contributed by atoms with Crippen molar-refractivity contribution in [3.8, 4) is 5.75 Å². The fraction of sp³-hybridized carbons (Fsp3) is 0.238. The van der Waals surface area contributed by atoms with Crippen LogP contribution in [0.1, 0.15) is 47.3 Å². The first-order valence-electron chi connectivity index (χ1n) is 8.82. The lowest BCUT2D eigenvalue weighted by Gasteiger charge is -2.13. The third kappa shape index (κ3) is 3.36. The average molecular weight is 404 g/mol. The van der Waals surface area contributed by atoms with Crippen LogP contribution < -0.4 is 0 Å². The maximum Gasteiger partial charge on any atom is 0.311 e. The molecule has 0 saturated carbocycles. The van der Waals surface area contributed by atoms with Gasteiger partial charge in [0, 0.05) is 16.6 Å². The SMILES string of the molecule is CCC[C@H](C(=O)O)c1c(C)n(C(=O)c2ccc(Cl)c(F)c2)c2ccc(O)cc12. The van der Waals surface area contributed by atoms with Gasteiger partial charge < -0.3 is 10.2 Å². The van der Waals surface area contributed by atoms with E-state index >= 15 is 0 Å². The second kappa shape index (κ2) is 7.64. The number of carbonyl (C=O) groups excluding carboxylic acids is 1. The van der Waals surface area contributed by atoms with E-state index in [4.69, 9.17) is 11.6 Å². The quantitative estimate of drug-likeness (QED) is 0.620. The van der Waals surface area contributed by atoms with Crippen LogP contribution >= 0.6 is 11.6 Å². The van der Waals surface area contributed by atoms with Crippen molar-refractivity contribution in [3.63, 3.8) is 0 Å². The minimum atomic E-state index is -1.00. The summed E-state index contributed by atoms with van der Waals surface area (Å²) in [6.45, 7) is 3.53. The Morgan fingerprint density at radius 2 is 1.93 bits per heavy atom. The van der Waals surface area contributed by atoms with E-state index in [9.17, 15) is 24.2 Å². The van der Waals surface area contributed by atoms with Crippen molar-refractivity contribution in [1.29, 1.82) is 0 Å². The van der Waals surface area contributed by atoms with Gasteiger partial charge in [-0.25, -0.2) is 4.39 Å². The van der Waals surface area contributed by atoms with Gasteiger partial charge in [-0.15, -0.1) is 0 Å². The lowest BCUT2D eigenvalue weighted by atomic mass is 9.92. The summed E-state index contributed by atoms with van der Waals surface area (Å²) in [7, 11) is 0. The molecule has 0 unspecified atom stereocenters. The lowest BCUT2D eigenvalue weighted by molar-refractivity contribution is -0.139. The van der Waals surface area contributed by atoms with Crippen molar-refractivity contribution in [2.24, 2.45) is 0 Å². The van der Waals surface area contributed by atoms with Gasteiger partial charge in [-0.3, -0.25) is 14.2 Å². The number of hydrogen-bond donors (Lipinski definition) is 2. The van der Waals surface area contributed by atoms with Gasteiger partial charge in [0.05, 0.1) is 16.5 Å². The number of aromatic nitrogens is 1. The Bertz CT molecular complexity index is 1090. The molecule has 0 radical (unpaired) electrons. The number of phenols is 1. The van der Waals surface area contributed by atoms with E-state index in [0.29, 0.717) is 35.0 Å². The summed E-state index contributed by atoms with van der Waals surface area (Å²) in [5, 5.41) is 20.0. The third-order valence-corrected chi connectivity index (χ3v) is 5.14. The molecule has 3 aromatic rings. The Labute approximate surface area is 166 Å². The summed E-state index contributed by atoms with van der Waals surface area (Å²) in [6, 6.07) is 8.20. The largest absolute Gasteiger partial charge is 0.508 e. The van der Waals surface area contributed by atoms with Crippen LogP contribution in [0.4, 0.5) is 4.39 Å². The van der Waals surface area contributed by atoms with Crippen LogP contribution in [0.2, 0.25) is 5.02 Å². The molecule has 0 aliphatic rings. The van der Waals surface area contributed by atoms with Crippen LogP contribution in [-0.4, -0.2) is 26.7 Å². The molecular weight excluding hydrogens is 385 g/mol. The Kier molecular flexibility index (Phi) is 5.42. The zero-order valence-corrected chi connectivity index (χ0v) is 16.1. The Morgan fingerprint density at radius 1 is 1.21 bits per heavy atom. The molecule has 0 aliphatic carbocycles. The van der Waals surface area contributed by atoms with Crippen LogP contribution in [0.3, 0.4) is 0 Å². The number of carboxylic acid groups (broad SMARTS) is 1. The third-order valence-electron chi connectivity index (χ3n) is 4.83. The van der Waals surface area contributed by atoms with E-state index < -0.39 is 23.6 Å². The van der Waals surface area contributed by atoms with Crippen molar-refractivity contribution in [2.45, 2.75) is 32.6 Å². The van der Waals surface area contributed by atoms with Crippen LogP contribution in [0.25, 0.3) is 10.9 Å². The van der Waals surface area contributed by atoms with Crippen LogP contribution in [0.5, 0.6) is 5.75 Å². The molecule has 0 amide bonds. The molecule has 28 heavy (non-hydrogen) atoms. The van der Waals surface area contributed by atoms with E-state index in [-0.39, 0.29) is 16.3 Å². The van der Waals surface area contributed by atoms with E-state index in [0.717, 1.165) is 6.07 Å². The number of phenolic OH excluding ortho intramolecular Hbond substituents is 1. The first-order chi connectivity index (χ1) is 13.3. The van der Waals surface area contributed by atoms with Crippen LogP contribution in [0, 0.1) is 12.7 Å². The molecule has 3 rings (SSSR count). The summed E-state index contributed by atoms with van der Waals surface area (Å²) >= 11 is 5.70. The number of aromatic hydroxyl groups is 1. The monoisotopic (exact) mass is 403 g/mol. The number of fused-ring (bicyclic) bond motifs is 1. The minimum Gasteiger partial charge on any atom is -0.508 e. The standard InChI is InChI=1S/C21H19ClFNO4/c1-3-4-14(21(27)28)19-11(2)24(18-8-6-13(25)10-15(18)19)20(26)12-5-7-16(22)17(23)9-12/h5-10,14,25H,3-4H2,1-2H3,(H,27,28)/t14-/m0/s1. The highest BCUT2D eigenvalue weighted by molar-refractivity contribution is 6.30. The number of hydrogen-bond acceptors (Lipinski definition) is 3. The fourth-order valence-electron chi connectivity index (χ4n) is 3.57. The summed E-state index contributed by atoms with van der Waals surface area (Å²) in [4.78, 5) is 25.0. The number of carbonyl (C=O) groups is 2. The van der Waals surface area contributed by atoms with Crippen molar-refractivity contribution >= 4 is 34.4 Å². The Balaban J connectivity index is 2.28. The molecule has 0 fully saturated rings. The predicted octanol–water partition coefficient (Wildman–Crippen LogP) is 5.10. The Hall–Kier alpha value is -2.86. The summed E-state index contributed by atoms with van der Waals surface area (Å²) in [6.07, 6.45) is 1.02. The van der Waals surface area contributed by atoms with Gasteiger partial charge in [0.25, 0.3) is 5.91 Å². The van der Waals surface area contributed by atoms with Gasteiger partial charge in [0.1, 0.15) is 11.6 Å². The molecule has 1 atom stereocenters. The molecule has 1 aromatic heterocycles. The fourth-order valence-corrected chi connectivity index (χ4v) is 3.69.